The van der Waals surface area contributed by atoms with E-state index in [1.54, 1.807) is 6.20 Å². The Kier molecular flexibility index (Phi) is 7.16. The Morgan fingerprint density at radius 2 is 2.11 bits per heavy atom. The fourth-order valence-corrected chi connectivity index (χ4v) is 5.78. The smallest absolute Gasteiger partial charge is 0.298 e. The zero-order valence-corrected chi connectivity index (χ0v) is 21.2. The Labute approximate surface area is 212 Å². The predicted molar refractivity (Wildman–Crippen MR) is 136 cm³/mol. The van der Waals surface area contributed by atoms with Crippen LogP contribution in [0.5, 0.6) is 0 Å². The number of aromatic nitrogens is 2. The molecule has 11 heteroatoms. The number of anilines is 1. The number of amides is 1. The SMILES string of the molecule is Cc1nn(C2CC3CCC(C2)N3C)cc1NC1(C#N)N=C(NCCCN2CCCOCC2=O)C=CN1. The lowest BCUT2D eigenvalue weighted by molar-refractivity contribution is -0.133. The number of nitriles is 1. The number of rotatable bonds is 7. The zero-order chi connectivity index (χ0) is 25.1. The van der Waals surface area contributed by atoms with Crippen molar-refractivity contribution < 1.29 is 9.53 Å². The minimum atomic E-state index is -1.32. The number of carbonyl (C=O) groups is 1. The maximum Gasteiger partial charge on any atom is 0.298 e. The van der Waals surface area contributed by atoms with Crippen molar-refractivity contribution in [2.45, 2.75) is 69.4 Å². The minimum Gasteiger partial charge on any atom is -0.372 e. The Balaban J connectivity index is 1.19. The average Bonchev–Trinajstić information content (AvgIpc) is 3.21. The standard InChI is InChI=1S/C25H37N9O2/c1-18-22(15-34(31-18)21-13-19-5-6-20(14-21)32(19)2)29-25(17-26)28-9-7-23(30-25)27-8-3-10-33-11-4-12-36-16-24(33)35/h7,9,15,19-21,28-29H,3-6,8,10-14,16H2,1-2H3,(H,27,30). The first-order chi connectivity index (χ1) is 17.5. The maximum absolute atomic E-state index is 12.1. The fraction of sp³-hybridized carbons (Fsp3) is 0.680. The lowest BCUT2D eigenvalue weighted by Crippen LogP contribution is -2.50. The summed E-state index contributed by atoms with van der Waals surface area (Å²) in [4.78, 5) is 21.1. The van der Waals surface area contributed by atoms with Gasteiger partial charge in [0.1, 0.15) is 18.5 Å². The molecule has 4 aliphatic rings. The van der Waals surface area contributed by atoms with Gasteiger partial charge in [0.2, 0.25) is 5.91 Å². The number of nitrogens with zero attached hydrogens (tertiary/aromatic N) is 6. The molecule has 3 N–H and O–H groups in total. The van der Waals surface area contributed by atoms with Crippen LogP contribution in [0.15, 0.2) is 23.5 Å². The number of aliphatic imine (C=N–C) groups is 1. The largest absolute Gasteiger partial charge is 0.372 e. The Morgan fingerprint density at radius 3 is 2.89 bits per heavy atom. The molecule has 3 atom stereocenters. The molecule has 194 valence electrons. The van der Waals surface area contributed by atoms with Gasteiger partial charge in [-0.2, -0.15) is 10.4 Å². The minimum absolute atomic E-state index is 0.0446. The highest BCUT2D eigenvalue weighted by Gasteiger charge is 2.40. The first kappa shape index (κ1) is 24.6. The highest BCUT2D eigenvalue weighted by Crippen LogP contribution is 2.40. The zero-order valence-electron chi connectivity index (χ0n) is 21.2. The van der Waals surface area contributed by atoms with E-state index in [2.05, 4.69) is 43.6 Å². The highest BCUT2D eigenvalue weighted by atomic mass is 16.5. The molecule has 0 aliphatic carbocycles. The van der Waals surface area contributed by atoms with Gasteiger partial charge < -0.3 is 30.5 Å². The molecule has 0 aromatic carbocycles. The Bertz CT molecular complexity index is 1050. The van der Waals surface area contributed by atoms with E-state index < -0.39 is 5.79 Å². The molecule has 5 rings (SSSR count). The molecular weight excluding hydrogens is 458 g/mol. The molecule has 0 saturated carbocycles. The highest BCUT2D eigenvalue weighted by molar-refractivity contribution is 5.94. The van der Waals surface area contributed by atoms with E-state index in [-0.39, 0.29) is 12.5 Å². The quantitative estimate of drug-likeness (QED) is 0.484. The first-order valence-electron chi connectivity index (χ1n) is 13.1. The van der Waals surface area contributed by atoms with Gasteiger partial charge in [-0.25, -0.2) is 4.99 Å². The van der Waals surface area contributed by atoms with E-state index in [1.165, 1.54) is 12.8 Å². The summed E-state index contributed by atoms with van der Waals surface area (Å²) in [6.07, 6.45) is 12.0. The molecule has 4 aliphatic heterocycles. The summed E-state index contributed by atoms with van der Waals surface area (Å²) in [5, 5.41) is 24.5. The van der Waals surface area contributed by atoms with Crippen molar-refractivity contribution in [1.82, 2.24) is 30.2 Å². The summed E-state index contributed by atoms with van der Waals surface area (Å²) >= 11 is 0. The van der Waals surface area contributed by atoms with E-state index >= 15 is 0 Å². The van der Waals surface area contributed by atoms with Crippen LogP contribution in [0.3, 0.4) is 0 Å². The van der Waals surface area contributed by atoms with Crippen LogP contribution in [0.1, 0.15) is 50.3 Å². The molecule has 11 nitrogen and oxygen atoms in total. The maximum atomic E-state index is 12.1. The molecule has 3 saturated heterocycles. The first-order valence-corrected chi connectivity index (χ1v) is 13.1. The lowest BCUT2D eigenvalue weighted by atomic mass is 9.98. The van der Waals surface area contributed by atoms with Gasteiger partial charge in [-0.15, -0.1) is 0 Å². The van der Waals surface area contributed by atoms with Gasteiger partial charge in [0.05, 0.1) is 17.4 Å². The number of hydrogen-bond donors (Lipinski definition) is 3. The van der Waals surface area contributed by atoms with Crippen LogP contribution in [0.25, 0.3) is 0 Å². The topological polar surface area (TPSA) is 123 Å². The third-order valence-corrected chi connectivity index (χ3v) is 7.87. The van der Waals surface area contributed by atoms with Crippen LogP contribution >= 0.6 is 0 Å². The van der Waals surface area contributed by atoms with Gasteiger partial charge >= 0.3 is 0 Å². The van der Waals surface area contributed by atoms with Gasteiger partial charge in [0, 0.05) is 50.7 Å². The summed E-state index contributed by atoms with van der Waals surface area (Å²) in [5.41, 5.74) is 1.65. The number of hydrogen-bond acceptors (Lipinski definition) is 9. The normalized spacial score (nSPS) is 30.4. The lowest BCUT2D eigenvalue weighted by Gasteiger charge is -2.36. The summed E-state index contributed by atoms with van der Waals surface area (Å²) in [6.45, 7) is 4.81. The monoisotopic (exact) mass is 495 g/mol. The average molecular weight is 496 g/mol. The van der Waals surface area contributed by atoms with E-state index in [1.807, 2.05) is 24.1 Å². The van der Waals surface area contributed by atoms with Crippen molar-refractivity contribution in [3.63, 3.8) is 0 Å². The molecule has 36 heavy (non-hydrogen) atoms. The van der Waals surface area contributed by atoms with Crippen molar-refractivity contribution >= 4 is 17.4 Å². The van der Waals surface area contributed by atoms with E-state index in [9.17, 15) is 10.1 Å². The third-order valence-electron chi connectivity index (χ3n) is 7.87. The Morgan fingerprint density at radius 1 is 1.31 bits per heavy atom. The van der Waals surface area contributed by atoms with Crippen LogP contribution in [0, 0.1) is 18.3 Å². The third kappa shape index (κ3) is 5.20. The fourth-order valence-electron chi connectivity index (χ4n) is 5.78. The second-order valence-corrected chi connectivity index (χ2v) is 10.3. The summed E-state index contributed by atoms with van der Waals surface area (Å²) in [7, 11) is 2.24. The van der Waals surface area contributed by atoms with Gasteiger partial charge in [-0.1, -0.05) is 0 Å². The molecule has 0 radical (unpaired) electrons. The number of carbonyl (C=O) groups excluding carboxylic acids is 1. The second kappa shape index (κ2) is 10.5. The van der Waals surface area contributed by atoms with Crippen LogP contribution < -0.4 is 16.0 Å². The van der Waals surface area contributed by atoms with Crippen LogP contribution in [0.4, 0.5) is 5.69 Å². The van der Waals surface area contributed by atoms with Crippen molar-refractivity contribution in [3.05, 3.63) is 24.2 Å². The molecule has 1 aromatic heterocycles. The van der Waals surface area contributed by atoms with Crippen LogP contribution in [-0.2, 0) is 9.53 Å². The van der Waals surface area contributed by atoms with E-state index in [0.717, 1.165) is 43.6 Å². The van der Waals surface area contributed by atoms with Crippen LogP contribution in [0.2, 0.25) is 0 Å². The number of amidine groups is 1. The Hall–Kier alpha value is -3.10. The van der Waals surface area contributed by atoms with E-state index in [0.29, 0.717) is 43.7 Å². The van der Waals surface area contributed by atoms with Crippen LogP contribution in [-0.4, -0.2) is 89.1 Å². The molecule has 0 spiro atoms. The van der Waals surface area contributed by atoms with Gasteiger partial charge in [0.15, 0.2) is 0 Å². The number of aryl methyl sites for hydroxylation is 1. The van der Waals surface area contributed by atoms with E-state index in [4.69, 9.17) is 9.84 Å². The number of ether oxygens (including phenoxy) is 1. The summed E-state index contributed by atoms with van der Waals surface area (Å²) in [5.74, 6) is -0.659. The molecule has 5 heterocycles. The number of nitrogens with one attached hydrogen (secondary N) is 3. The van der Waals surface area contributed by atoms with Gasteiger partial charge in [-0.05, 0) is 58.6 Å². The molecule has 3 fully saturated rings. The molecule has 2 bridgehead atoms. The molecule has 1 aromatic rings. The van der Waals surface area contributed by atoms with Crippen molar-refractivity contribution in [2.24, 2.45) is 4.99 Å². The predicted octanol–water partition coefficient (Wildman–Crippen LogP) is 1.32. The number of fused-ring (bicyclic) bond motifs is 2. The molecule has 3 unspecified atom stereocenters. The number of piperidine rings is 1. The summed E-state index contributed by atoms with van der Waals surface area (Å²) < 4.78 is 7.38. The van der Waals surface area contributed by atoms with Crippen molar-refractivity contribution in [1.29, 1.82) is 5.26 Å². The van der Waals surface area contributed by atoms with Crippen molar-refractivity contribution in [2.75, 3.05) is 45.2 Å². The van der Waals surface area contributed by atoms with Gasteiger partial charge in [0.25, 0.3) is 5.79 Å². The van der Waals surface area contributed by atoms with Gasteiger partial charge in [-0.3, -0.25) is 9.48 Å². The van der Waals surface area contributed by atoms with Crippen molar-refractivity contribution in [3.8, 4) is 6.07 Å². The molecular formula is C25H37N9O2. The molecule has 1 amide bonds. The summed E-state index contributed by atoms with van der Waals surface area (Å²) in [6, 6.07) is 3.94. The second-order valence-electron chi connectivity index (χ2n) is 10.3.